The van der Waals surface area contributed by atoms with E-state index in [0.717, 1.165) is 0 Å². The monoisotopic (exact) mass is 615 g/mol. The van der Waals surface area contributed by atoms with Crippen molar-refractivity contribution in [1.29, 1.82) is 0 Å². The molecule has 0 bridgehead atoms. The van der Waals surface area contributed by atoms with Crippen LogP contribution in [0.4, 0.5) is 0 Å². The Bertz CT molecular complexity index is 336. The predicted molar refractivity (Wildman–Crippen MR) is 112 cm³/mol. The Morgan fingerprint density at radius 2 is 0.913 bits per heavy atom. The summed E-state index contributed by atoms with van der Waals surface area (Å²) >= 11 is 27.8. The Labute approximate surface area is 184 Å². The van der Waals surface area contributed by atoms with Gasteiger partial charge in [-0.1, -0.05) is 8.64 Å². The molecule has 0 heterocycles. The van der Waals surface area contributed by atoms with Gasteiger partial charge in [-0.3, -0.25) is 0 Å². The zero-order valence-electron chi connectivity index (χ0n) is 11.7. The Kier molecular flexibility index (Phi) is 24.8. The molecule has 0 atom stereocenters. The minimum Gasteiger partial charge on any atom is -0.412 e. The standard InChI is InChI=1S/2C4H10N4S3.Au/c2*5-8-3(9)6-1-2-7-4(10)11;/h2*1-2,5H2,(H2,6,8,9)(H2,7,10,11);/p-2. The molecule has 0 fully saturated rings. The number of thiocarbonyl (C=S) groups is 4. The molecule has 0 aromatic rings. The number of nitrogens with one attached hydrogen (secondary N) is 6. The van der Waals surface area contributed by atoms with E-state index < -0.39 is 0 Å². The molecule has 8 nitrogen and oxygen atoms in total. The molecule has 0 unspecified atom stereocenters. The third-order valence-electron chi connectivity index (χ3n) is 1.62. The molecule has 0 aliphatic carbocycles. The van der Waals surface area contributed by atoms with Gasteiger partial charge in [0.1, 0.15) is 0 Å². The van der Waals surface area contributed by atoms with E-state index in [1.807, 2.05) is 0 Å². The number of hydrogen-bond donors (Lipinski definition) is 8. The molecule has 0 aromatic carbocycles. The molecule has 0 saturated heterocycles. The van der Waals surface area contributed by atoms with Crippen molar-refractivity contribution in [3.05, 3.63) is 0 Å². The first-order valence-electron chi connectivity index (χ1n) is 5.72. The van der Waals surface area contributed by atoms with E-state index in [2.05, 4.69) is 81.8 Å². The summed E-state index contributed by atoms with van der Waals surface area (Å²) in [5.41, 5.74) is 4.57. The molecule has 0 spiro atoms. The summed E-state index contributed by atoms with van der Waals surface area (Å²) in [6.07, 6.45) is 0. The van der Waals surface area contributed by atoms with Crippen molar-refractivity contribution in [2.75, 3.05) is 26.2 Å². The Hall–Kier alpha value is 0.260. The zero-order chi connectivity index (χ0) is 17.4. The maximum atomic E-state index is 4.99. The molecule has 0 aliphatic heterocycles. The first kappa shape index (κ1) is 28.1. The molecule has 1 radical (unpaired) electrons. The van der Waals surface area contributed by atoms with E-state index in [1.165, 1.54) is 0 Å². The third kappa shape index (κ3) is 27.4. The first-order chi connectivity index (χ1) is 10.3. The Morgan fingerprint density at radius 3 is 1.13 bits per heavy atom. The van der Waals surface area contributed by atoms with Crippen molar-refractivity contribution in [2.24, 2.45) is 11.7 Å². The fourth-order valence-corrected chi connectivity index (χ4v) is 1.40. The second-order valence-electron chi connectivity index (χ2n) is 3.23. The van der Waals surface area contributed by atoms with Gasteiger partial charge in [0.2, 0.25) is 0 Å². The third-order valence-corrected chi connectivity index (χ3v) is 2.72. The maximum absolute atomic E-state index is 4.99. The minimum absolute atomic E-state index is 0. The van der Waals surface area contributed by atoms with Crippen LogP contribution < -0.4 is 43.8 Å². The smallest absolute Gasteiger partial charge is 0.180 e. The van der Waals surface area contributed by atoms with E-state index in [0.29, 0.717) is 45.0 Å². The van der Waals surface area contributed by atoms with Crippen LogP contribution in [0.1, 0.15) is 0 Å². The molecule has 0 rings (SSSR count). The Balaban J connectivity index is -0.000000333. The summed E-state index contributed by atoms with van der Waals surface area (Å²) in [4.78, 5) is 0. The van der Waals surface area contributed by atoms with Crippen molar-refractivity contribution in [2.45, 2.75) is 0 Å². The molecule has 23 heavy (non-hydrogen) atoms. The summed E-state index contributed by atoms with van der Waals surface area (Å²) in [5.74, 6) is 9.99. The van der Waals surface area contributed by atoms with Gasteiger partial charge in [-0.05, 0) is 24.4 Å². The van der Waals surface area contributed by atoms with Crippen LogP contribution in [0.25, 0.3) is 0 Å². The van der Waals surface area contributed by atoms with Gasteiger partial charge in [0.05, 0.1) is 0 Å². The van der Waals surface area contributed by atoms with Gasteiger partial charge < -0.3 is 81.8 Å². The first-order valence-corrected chi connectivity index (χ1v) is 8.17. The molecular weight excluding hydrogens is 598 g/mol. The van der Waals surface area contributed by atoms with Gasteiger partial charge in [0.25, 0.3) is 0 Å². The SMILES string of the molecule is NNC(=S)NCCNC(=S)[S-].NNC(=S)NCCNC(=S)[S-].[Au]. The van der Waals surface area contributed by atoms with Crippen LogP contribution in [-0.4, -0.2) is 45.0 Å². The average Bonchev–Trinajstić information content (AvgIpc) is 2.47. The van der Waals surface area contributed by atoms with Crippen LogP contribution in [0.3, 0.4) is 0 Å². The number of hydrazine groups is 2. The zero-order valence-corrected chi connectivity index (χ0v) is 18.8. The number of hydrogen-bond acceptors (Lipinski definition) is 8. The summed E-state index contributed by atoms with van der Waals surface area (Å²) in [5, 5.41) is 12.0. The van der Waals surface area contributed by atoms with E-state index in [-0.39, 0.29) is 22.4 Å². The number of rotatable bonds is 6. The second-order valence-corrected chi connectivity index (χ2v) is 6.20. The van der Waals surface area contributed by atoms with Crippen LogP contribution >= 0.6 is 48.9 Å². The van der Waals surface area contributed by atoms with Gasteiger partial charge in [0, 0.05) is 48.6 Å². The molecule has 10 N–H and O–H groups in total. The quantitative estimate of drug-likeness (QED) is 0.0401. The van der Waals surface area contributed by atoms with Gasteiger partial charge in [-0.15, -0.1) is 0 Å². The molecule has 15 heteroatoms. The Morgan fingerprint density at radius 1 is 0.652 bits per heavy atom. The molecule has 139 valence electrons. The van der Waals surface area contributed by atoms with Crippen molar-refractivity contribution in [3.63, 3.8) is 0 Å². The summed E-state index contributed by atoms with van der Waals surface area (Å²) in [6, 6.07) is 0. The van der Waals surface area contributed by atoms with Crippen LogP contribution in [0.2, 0.25) is 0 Å². The van der Waals surface area contributed by atoms with Crippen LogP contribution in [0.15, 0.2) is 0 Å². The summed E-state index contributed by atoms with van der Waals surface area (Å²) in [6.45, 7) is 2.56. The van der Waals surface area contributed by atoms with Gasteiger partial charge in [0.15, 0.2) is 10.2 Å². The fraction of sp³-hybridized carbons (Fsp3) is 0.500. The van der Waals surface area contributed by atoms with Crippen LogP contribution in [-0.2, 0) is 47.6 Å². The minimum atomic E-state index is 0. The summed E-state index contributed by atoms with van der Waals surface area (Å²) < 4.78 is 0.719. The molecule has 0 amide bonds. The largest absolute Gasteiger partial charge is 0.412 e. The molecule has 0 saturated carbocycles. The second kappa shape index (κ2) is 20.3. The van der Waals surface area contributed by atoms with Crippen molar-refractivity contribution >= 4 is 93.0 Å². The topological polar surface area (TPSA) is 124 Å². The van der Waals surface area contributed by atoms with Gasteiger partial charge in [-0.25, -0.2) is 11.7 Å². The van der Waals surface area contributed by atoms with Gasteiger partial charge in [-0.2, -0.15) is 0 Å². The average molecular weight is 616 g/mol. The number of nitrogens with two attached hydrogens (primary N) is 2. The van der Waals surface area contributed by atoms with E-state index >= 15 is 0 Å². The fourth-order valence-electron chi connectivity index (χ4n) is 0.783. The van der Waals surface area contributed by atoms with Crippen molar-refractivity contribution in [3.8, 4) is 0 Å². The van der Waals surface area contributed by atoms with Crippen molar-refractivity contribution in [1.82, 2.24) is 32.1 Å². The molecule has 0 aliphatic rings. The van der Waals surface area contributed by atoms with Crippen LogP contribution in [0.5, 0.6) is 0 Å². The van der Waals surface area contributed by atoms with Crippen LogP contribution in [0, 0.1) is 0 Å². The van der Waals surface area contributed by atoms with Crippen molar-refractivity contribution < 1.29 is 22.4 Å². The van der Waals surface area contributed by atoms with E-state index in [4.69, 9.17) is 36.1 Å². The predicted octanol–water partition coefficient (Wildman–Crippen LogP) is -2.51. The van der Waals surface area contributed by atoms with Gasteiger partial charge >= 0.3 is 0 Å². The summed E-state index contributed by atoms with van der Waals surface area (Å²) in [7, 11) is 0. The normalized spacial score (nSPS) is 8.09. The van der Waals surface area contributed by atoms with E-state index in [9.17, 15) is 0 Å². The molecular formula is C8H18AuN8S6-2. The molecule has 0 aromatic heterocycles. The van der Waals surface area contributed by atoms with E-state index in [1.54, 1.807) is 0 Å². The maximum Gasteiger partial charge on any atom is 0.180 e.